The van der Waals surface area contributed by atoms with E-state index in [9.17, 15) is 0 Å². The molecule has 1 aliphatic rings. The number of para-hydroxylation sites is 6. The van der Waals surface area contributed by atoms with Crippen molar-refractivity contribution < 1.29 is 85.0 Å². The molecule has 0 saturated carbocycles. The first kappa shape index (κ1) is 84.5. The first-order valence-electron chi connectivity index (χ1n) is 39.1. The van der Waals surface area contributed by atoms with E-state index in [2.05, 4.69) is 317 Å². The molecule has 0 N–H and O–H groups in total. The van der Waals surface area contributed by atoms with E-state index in [1.807, 2.05) is 78.9 Å². The van der Waals surface area contributed by atoms with Gasteiger partial charge in [-0.3, -0.25) is 29.9 Å². The number of hydrogen-bond donors (Lipinski definition) is 0. The van der Waals surface area contributed by atoms with Crippen LogP contribution < -0.4 is 4.57 Å². The minimum atomic E-state index is -0.0637. The van der Waals surface area contributed by atoms with Gasteiger partial charge in [0.1, 0.15) is 12.4 Å². The average Bonchev–Trinajstić information content (AvgIpc) is 1.55. The van der Waals surface area contributed by atoms with Crippen LogP contribution in [0.3, 0.4) is 0 Å². The van der Waals surface area contributed by atoms with Gasteiger partial charge in [0.05, 0.1) is 83.8 Å². The Balaban J connectivity index is 0.000000125. The second-order valence-corrected chi connectivity index (χ2v) is 36.5. The largest absolute Gasteiger partial charge is 0.348 e. The van der Waals surface area contributed by atoms with E-state index in [0.29, 0.717) is 0 Å². The summed E-state index contributed by atoms with van der Waals surface area (Å²) in [6.45, 7) is 45.3. The summed E-state index contributed by atoms with van der Waals surface area (Å²) in [4.78, 5) is 34.2. The molecular formula is C99H96Ir4N13-3. The maximum absolute atomic E-state index is 4.97. The Bertz CT molecular complexity index is 7050. The molecule has 13 nitrogen and oxygen atoms in total. The van der Waals surface area contributed by atoms with E-state index in [0.717, 1.165) is 123 Å². The van der Waals surface area contributed by atoms with Crippen molar-refractivity contribution in [2.24, 2.45) is 0 Å². The van der Waals surface area contributed by atoms with Crippen LogP contribution in [-0.4, -0.2) is 56.9 Å². The van der Waals surface area contributed by atoms with Crippen LogP contribution in [0.4, 0.5) is 0 Å². The molecule has 0 spiro atoms. The van der Waals surface area contributed by atoms with E-state index >= 15 is 0 Å². The third kappa shape index (κ3) is 15.1. The number of nitrogens with zero attached hydrogens (tertiary/aromatic N) is 13. The van der Waals surface area contributed by atoms with E-state index in [4.69, 9.17) is 34.9 Å². The SMILES string of the molecule is CC(C)(C)c1c[c-]c2c(cc(C(C)(C)C)n3c4ccccc4nc23)n1.CC(C)(C)c1cc2ccc[c-]c2c2nc3ccccc3n12.CC(C)(C)c1ccc2nc3c4[c-]cccc4ccn3c2c1.CC(C)(C)c1nc2ccc[c-]c2c2nc3ccccc3n12.Cc1cc2c(cc1C)[n+]1c3c4c(cc(C(C)(C)C)nc4ccn23)C1.[Ir].[Ir].[Ir].[Ir]. The van der Waals surface area contributed by atoms with Crippen LogP contribution in [0.5, 0.6) is 0 Å². The molecule has 17 heteroatoms. The van der Waals surface area contributed by atoms with Crippen molar-refractivity contribution in [1.82, 2.24) is 56.9 Å². The predicted molar refractivity (Wildman–Crippen MR) is 463 cm³/mol. The Morgan fingerprint density at radius 2 is 0.819 bits per heavy atom. The molecule has 116 heavy (non-hydrogen) atoms. The molecule has 12 aromatic heterocycles. The van der Waals surface area contributed by atoms with Gasteiger partial charge < -0.3 is 22.6 Å². The fourth-order valence-electron chi connectivity index (χ4n) is 15.8. The third-order valence-corrected chi connectivity index (χ3v) is 21.9. The Labute approximate surface area is 732 Å². The summed E-state index contributed by atoms with van der Waals surface area (Å²) in [6.07, 6.45) is 4.28. The molecule has 4 radical (unpaired) electrons. The molecule has 0 atom stereocenters. The van der Waals surface area contributed by atoms with Gasteiger partial charge in [0.15, 0.2) is 11.0 Å². The minimum absolute atomic E-state index is 0. The van der Waals surface area contributed by atoms with Crippen LogP contribution >= 0.6 is 0 Å². The summed E-state index contributed by atoms with van der Waals surface area (Å²) in [7, 11) is 0. The standard InChI is InChI=1S/C22H24N3.C21H22N3.2C19H17N2.C18H16N3.4Ir/c1-21(2,3)18-12-11-14-16(23-18)13-19(22(4,5)6)25-17-10-8-7-9-15(17)24-20(14)25;1-12-8-16-17(9-13(12)2)24-11-14-10-18(21(3,4)5)22-15-6-7-23(16)20(24)19(14)15;1-19(2,3)17-12-13-8-4-5-9-14(13)18-20-15-10-6-7-11-16(15)21(17)18;1-19(2,3)14-8-9-16-17(12-14)21-11-10-13-6-4-5-7-15(13)18(21)20-16;1-18(2,3)17-20-13-9-5-4-8-12(13)16-19-14-10-6-7-11-15(14)21(16)17;;;;/h7-10,12-13H,1-6H3;6-10H,11H2,1-5H3;4-8,10-12H,1-3H3;4-6,8-12H,1-3H3;4-7,9-11H,1-3H3;;;;/q-1;+1;3*-1;;;;. The first-order valence-corrected chi connectivity index (χ1v) is 39.1. The number of aryl methyl sites for hydroxylation is 2. The summed E-state index contributed by atoms with van der Waals surface area (Å²) in [5.74, 6) is 1.03. The summed E-state index contributed by atoms with van der Waals surface area (Å²) in [6, 6.07) is 80.7. The van der Waals surface area contributed by atoms with Crippen LogP contribution in [0.25, 0.3) is 138 Å². The zero-order valence-electron chi connectivity index (χ0n) is 69.5. The molecule has 0 fully saturated rings. The number of rotatable bonds is 0. The van der Waals surface area contributed by atoms with Crippen LogP contribution in [-0.2, 0) is 119 Å². The van der Waals surface area contributed by atoms with E-state index in [-0.39, 0.29) is 113 Å². The van der Waals surface area contributed by atoms with Gasteiger partial charge in [0.2, 0.25) is 0 Å². The van der Waals surface area contributed by atoms with Crippen LogP contribution in [0.2, 0.25) is 0 Å². The quantitative estimate of drug-likeness (QED) is 0.110. The molecule has 1 aliphatic heterocycles. The van der Waals surface area contributed by atoms with Gasteiger partial charge in [-0.2, -0.15) is 4.40 Å². The molecular weight excluding hydrogens is 2140 g/mol. The van der Waals surface area contributed by atoms with Crippen molar-refractivity contribution in [1.29, 1.82) is 0 Å². The molecule has 0 aliphatic carbocycles. The van der Waals surface area contributed by atoms with Gasteiger partial charge in [-0.05, 0) is 131 Å². The number of fused-ring (bicyclic) bond motifs is 23. The van der Waals surface area contributed by atoms with Crippen molar-refractivity contribution in [3.8, 4) is 0 Å². The van der Waals surface area contributed by atoms with Gasteiger partial charge in [-0.1, -0.05) is 196 Å². The first-order chi connectivity index (χ1) is 53.1. The van der Waals surface area contributed by atoms with E-state index in [1.54, 1.807) is 0 Å². The summed E-state index contributed by atoms with van der Waals surface area (Å²) in [5, 5.41) is 7.81. The molecule has 0 bridgehead atoms. The molecule has 0 unspecified atom stereocenters. The Morgan fingerprint density at radius 1 is 0.336 bits per heavy atom. The number of imidazole rings is 5. The van der Waals surface area contributed by atoms with Gasteiger partial charge in [-0.15, -0.1) is 106 Å². The fraction of sp³-hybridized carbons (Fsp3) is 0.273. The molecule has 0 saturated heterocycles. The Hall–Kier alpha value is -9.36. The number of benzene rings is 8. The monoisotopic (exact) mass is 2240 g/mol. The number of pyridine rings is 6. The molecule has 8 aromatic carbocycles. The summed E-state index contributed by atoms with van der Waals surface area (Å²) < 4.78 is 13.7. The second kappa shape index (κ2) is 31.2. The number of hydrogen-bond acceptors (Lipinski definition) is 7. The maximum atomic E-state index is 4.97. The van der Waals surface area contributed by atoms with Crippen molar-refractivity contribution in [2.45, 2.75) is 178 Å². The average molecular weight is 2240 g/mol. The van der Waals surface area contributed by atoms with Crippen molar-refractivity contribution in [2.75, 3.05) is 0 Å². The topological polar surface area (TPSA) is 116 Å². The normalized spacial score (nSPS) is 12.5. The molecule has 20 aromatic rings. The van der Waals surface area contributed by atoms with Crippen molar-refractivity contribution in [3.63, 3.8) is 0 Å². The molecule has 0 amide bonds. The van der Waals surface area contributed by atoms with Crippen molar-refractivity contribution in [3.05, 3.63) is 282 Å². The van der Waals surface area contributed by atoms with Crippen LogP contribution in [0.1, 0.15) is 175 Å². The second-order valence-electron chi connectivity index (χ2n) is 36.5. The fourth-order valence-corrected chi connectivity index (χ4v) is 15.8. The zero-order chi connectivity index (χ0) is 78.6. The predicted octanol–water partition coefficient (Wildman–Crippen LogP) is 23.2. The summed E-state index contributed by atoms with van der Waals surface area (Å²) >= 11 is 0. The van der Waals surface area contributed by atoms with Crippen LogP contribution in [0, 0.1) is 38.1 Å². The summed E-state index contributed by atoms with van der Waals surface area (Å²) in [5.41, 5.74) is 29.8. The molecule has 21 rings (SSSR count). The van der Waals surface area contributed by atoms with Gasteiger partial charge in [-0.25, -0.2) is 4.57 Å². The van der Waals surface area contributed by atoms with Gasteiger partial charge in [0.25, 0.3) is 5.65 Å². The zero-order valence-corrected chi connectivity index (χ0v) is 79.1. The molecule has 13 heterocycles. The smallest absolute Gasteiger partial charge is 0.297 e. The van der Waals surface area contributed by atoms with Crippen molar-refractivity contribution >= 4 is 138 Å². The van der Waals surface area contributed by atoms with E-state index < -0.39 is 0 Å². The van der Waals surface area contributed by atoms with E-state index in [1.165, 1.54) is 72.2 Å². The number of aromatic nitrogens is 13. The molecule has 596 valence electrons. The van der Waals surface area contributed by atoms with Gasteiger partial charge >= 0.3 is 0 Å². The Kier molecular flexibility index (Phi) is 22.7. The third-order valence-electron chi connectivity index (χ3n) is 21.9. The minimum Gasteiger partial charge on any atom is -0.348 e. The van der Waals surface area contributed by atoms with Crippen LogP contribution in [0.15, 0.2) is 207 Å². The van der Waals surface area contributed by atoms with Gasteiger partial charge in [0, 0.05) is 131 Å². The maximum Gasteiger partial charge on any atom is 0.297 e. The Morgan fingerprint density at radius 3 is 1.41 bits per heavy atom.